The van der Waals surface area contributed by atoms with Gasteiger partial charge in [-0.2, -0.15) is 0 Å². The molecular formula is C61H63F2N3O7. The van der Waals surface area contributed by atoms with E-state index < -0.39 is 0 Å². The van der Waals surface area contributed by atoms with Crippen LogP contribution in [0.3, 0.4) is 0 Å². The Labute approximate surface area is 426 Å². The molecule has 0 saturated carbocycles. The standard InChI is InChI=1S/C21H23NO3.2C20H20FNO2/c1-21(2,3)25-20-13-18(14-6-8-15(23-4)9-7-14)22-19-12-16(24-5)10-11-17(19)20;1-20(2,3)24-19-12-17(13-5-7-14(21)8-6-13)22-18-11-15(23-4)9-10-16(18)19;1-20(2,3)24-19-12-17(13-6-5-7-14(21)10-13)22-18-11-15(23-4)8-9-16(18)19/h6-13H,1-5H3;2*5-12H,1-4H3. The summed E-state index contributed by atoms with van der Waals surface area (Å²) in [5.74, 6) is 4.74. The summed E-state index contributed by atoms with van der Waals surface area (Å²) in [5, 5.41) is 2.77. The number of pyridine rings is 3. The third kappa shape index (κ3) is 14.1. The van der Waals surface area contributed by atoms with E-state index in [1.807, 2.05) is 165 Å². The van der Waals surface area contributed by atoms with Gasteiger partial charge in [-0.15, -0.1) is 0 Å². The highest BCUT2D eigenvalue weighted by atomic mass is 19.1. The number of hydrogen-bond acceptors (Lipinski definition) is 10. The van der Waals surface area contributed by atoms with Crippen LogP contribution in [-0.4, -0.2) is 60.2 Å². The second-order valence-corrected chi connectivity index (χ2v) is 20.1. The molecule has 0 aliphatic rings. The summed E-state index contributed by atoms with van der Waals surface area (Å²) >= 11 is 0. The molecule has 0 radical (unpaired) electrons. The largest absolute Gasteiger partial charge is 0.497 e. The van der Waals surface area contributed by atoms with Crippen molar-refractivity contribution < 1.29 is 41.9 Å². The molecule has 0 aliphatic carbocycles. The first-order valence-electron chi connectivity index (χ1n) is 23.8. The monoisotopic (exact) mass is 987 g/mol. The van der Waals surface area contributed by atoms with E-state index in [0.717, 1.165) is 89.7 Å². The first kappa shape index (κ1) is 52.8. The molecule has 73 heavy (non-hydrogen) atoms. The summed E-state index contributed by atoms with van der Waals surface area (Å²) in [4.78, 5) is 14.2. The lowest BCUT2D eigenvalue weighted by Crippen LogP contribution is -2.23. The van der Waals surface area contributed by atoms with Crippen molar-refractivity contribution in [2.75, 3.05) is 28.4 Å². The van der Waals surface area contributed by atoms with Crippen molar-refractivity contribution in [1.82, 2.24) is 15.0 Å². The van der Waals surface area contributed by atoms with Gasteiger partial charge >= 0.3 is 0 Å². The van der Waals surface area contributed by atoms with E-state index in [1.165, 1.54) is 24.3 Å². The summed E-state index contributed by atoms with van der Waals surface area (Å²) in [6.45, 7) is 18.1. The van der Waals surface area contributed by atoms with E-state index in [0.29, 0.717) is 17.0 Å². The highest BCUT2D eigenvalue weighted by Gasteiger charge is 2.20. The van der Waals surface area contributed by atoms with Crippen LogP contribution in [0, 0.1) is 11.6 Å². The number of fused-ring (bicyclic) bond motifs is 3. The smallest absolute Gasteiger partial charge is 0.131 e. The molecule has 0 unspecified atom stereocenters. The maximum Gasteiger partial charge on any atom is 0.131 e. The van der Waals surface area contributed by atoms with Crippen molar-refractivity contribution in [1.29, 1.82) is 0 Å². The fourth-order valence-corrected chi connectivity index (χ4v) is 7.63. The Bertz CT molecular complexity index is 3340. The van der Waals surface area contributed by atoms with Crippen molar-refractivity contribution in [2.45, 2.75) is 79.1 Å². The Kier molecular flexibility index (Phi) is 16.1. The summed E-state index contributed by atoms with van der Waals surface area (Å²) in [6, 6.07) is 43.5. The summed E-state index contributed by atoms with van der Waals surface area (Å²) in [6.07, 6.45) is 0. The first-order chi connectivity index (χ1) is 34.6. The average Bonchev–Trinajstić information content (AvgIpc) is 3.35. The number of methoxy groups -OCH3 is 4. The van der Waals surface area contributed by atoms with E-state index in [1.54, 1.807) is 46.6 Å². The Morgan fingerprint density at radius 3 is 0.986 bits per heavy atom. The molecule has 6 aromatic carbocycles. The molecular weight excluding hydrogens is 925 g/mol. The molecule has 0 fully saturated rings. The number of halogens is 2. The second kappa shape index (κ2) is 22.2. The number of ether oxygens (including phenoxy) is 7. The number of nitrogens with zero attached hydrogens (tertiary/aromatic N) is 3. The van der Waals surface area contributed by atoms with E-state index >= 15 is 0 Å². The molecule has 3 heterocycles. The highest BCUT2D eigenvalue weighted by molar-refractivity contribution is 5.91. The lowest BCUT2D eigenvalue weighted by Gasteiger charge is -2.23. The maximum absolute atomic E-state index is 13.6. The van der Waals surface area contributed by atoms with Crippen LogP contribution < -0.4 is 33.2 Å². The Morgan fingerprint density at radius 2 is 0.658 bits per heavy atom. The average molecular weight is 988 g/mol. The molecule has 3 aromatic heterocycles. The molecule has 0 saturated heterocycles. The van der Waals surface area contributed by atoms with Gasteiger partial charge in [0, 0.05) is 69.2 Å². The van der Waals surface area contributed by atoms with Crippen LogP contribution in [0.25, 0.3) is 66.5 Å². The van der Waals surface area contributed by atoms with Gasteiger partial charge in [0.05, 0.1) is 62.1 Å². The summed E-state index contributed by atoms with van der Waals surface area (Å²) in [5.41, 5.74) is 6.15. The van der Waals surface area contributed by atoms with Crippen LogP contribution in [0.2, 0.25) is 0 Å². The SMILES string of the molecule is COc1ccc(-c2cc(OC(C)(C)C)c3ccc(OC)cc3n2)cc1.COc1ccc2c(OC(C)(C)C)cc(-c3ccc(F)cc3)nc2c1.COc1ccc2c(OC(C)(C)C)cc(-c3cccc(F)c3)nc2c1. The molecule has 10 nitrogen and oxygen atoms in total. The van der Waals surface area contributed by atoms with Crippen molar-refractivity contribution in [3.63, 3.8) is 0 Å². The molecule has 0 atom stereocenters. The minimum absolute atomic E-state index is 0.271. The number of rotatable bonds is 10. The zero-order valence-electron chi connectivity index (χ0n) is 43.8. The van der Waals surface area contributed by atoms with Crippen LogP contribution in [0.15, 0.2) is 146 Å². The molecule has 9 rings (SSSR count). The molecule has 0 bridgehead atoms. The number of aromatic nitrogens is 3. The van der Waals surface area contributed by atoms with Crippen LogP contribution >= 0.6 is 0 Å². The molecule has 378 valence electrons. The first-order valence-corrected chi connectivity index (χ1v) is 23.8. The van der Waals surface area contributed by atoms with Crippen LogP contribution in [0.4, 0.5) is 8.78 Å². The summed E-state index contributed by atoms with van der Waals surface area (Å²) < 4.78 is 66.3. The quantitative estimate of drug-likeness (QED) is 0.132. The van der Waals surface area contributed by atoms with Gasteiger partial charge in [0.2, 0.25) is 0 Å². The summed E-state index contributed by atoms with van der Waals surface area (Å²) in [7, 11) is 6.55. The van der Waals surface area contributed by atoms with Gasteiger partial charge in [0.15, 0.2) is 0 Å². The Morgan fingerprint density at radius 1 is 0.329 bits per heavy atom. The van der Waals surface area contributed by atoms with Crippen molar-refractivity contribution in [3.8, 4) is 74.0 Å². The van der Waals surface area contributed by atoms with E-state index in [4.69, 9.17) is 43.1 Å². The fraction of sp³-hybridized carbons (Fsp3) is 0.262. The van der Waals surface area contributed by atoms with Gasteiger partial charge in [-0.1, -0.05) is 12.1 Å². The van der Waals surface area contributed by atoms with Crippen LogP contribution in [-0.2, 0) is 0 Å². The number of benzene rings is 6. The molecule has 0 N–H and O–H groups in total. The molecule has 0 aliphatic heterocycles. The minimum atomic E-state index is -0.354. The van der Waals surface area contributed by atoms with Gasteiger partial charge in [-0.3, -0.25) is 0 Å². The molecule has 0 amide bonds. The zero-order chi connectivity index (χ0) is 52.7. The van der Waals surface area contributed by atoms with Crippen molar-refractivity contribution in [3.05, 3.63) is 157 Å². The maximum atomic E-state index is 13.6. The van der Waals surface area contributed by atoms with E-state index in [9.17, 15) is 8.78 Å². The normalized spacial score (nSPS) is 11.5. The van der Waals surface area contributed by atoms with Crippen LogP contribution in [0.1, 0.15) is 62.3 Å². The van der Waals surface area contributed by atoms with Gasteiger partial charge in [-0.05, 0) is 159 Å². The Hall–Kier alpha value is -7.99. The Balaban J connectivity index is 0.000000160. The zero-order valence-corrected chi connectivity index (χ0v) is 43.8. The number of hydrogen-bond donors (Lipinski definition) is 0. The molecule has 0 spiro atoms. The minimum Gasteiger partial charge on any atom is -0.497 e. The van der Waals surface area contributed by atoms with E-state index in [2.05, 4.69) is 4.98 Å². The van der Waals surface area contributed by atoms with Crippen molar-refractivity contribution in [2.24, 2.45) is 0 Å². The van der Waals surface area contributed by atoms with Gasteiger partial charge in [-0.25, -0.2) is 23.7 Å². The van der Waals surface area contributed by atoms with E-state index in [-0.39, 0.29) is 28.4 Å². The third-order valence-corrected chi connectivity index (χ3v) is 10.8. The second-order valence-electron chi connectivity index (χ2n) is 20.1. The van der Waals surface area contributed by atoms with Gasteiger partial charge in [0.25, 0.3) is 0 Å². The topological polar surface area (TPSA) is 103 Å². The van der Waals surface area contributed by atoms with Crippen molar-refractivity contribution >= 4 is 32.7 Å². The van der Waals surface area contributed by atoms with Crippen LogP contribution in [0.5, 0.6) is 40.2 Å². The molecule has 9 aromatic rings. The lowest BCUT2D eigenvalue weighted by molar-refractivity contribution is 0.132. The highest BCUT2D eigenvalue weighted by Crippen LogP contribution is 2.37. The fourth-order valence-electron chi connectivity index (χ4n) is 7.63. The lowest BCUT2D eigenvalue weighted by atomic mass is 10.1. The predicted octanol–water partition coefficient (Wildman–Crippen LogP) is 15.5. The molecule has 12 heteroatoms. The van der Waals surface area contributed by atoms with Gasteiger partial charge in [0.1, 0.15) is 68.7 Å². The van der Waals surface area contributed by atoms with Gasteiger partial charge < -0.3 is 33.2 Å². The third-order valence-electron chi connectivity index (χ3n) is 10.8. The predicted molar refractivity (Wildman–Crippen MR) is 289 cm³/mol.